The van der Waals surface area contributed by atoms with E-state index in [1.165, 1.54) is 6.20 Å². The summed E-state index contributed by atoms with van der Waals surface area (Å²) >= 11 is 0. The van der Waals surface area contributed by atoms with Crippen molar-refractivity contribution < 1.29 is 9.90 Å². The molecule has 0 aliphatic heterocycles. The molecule has 9 heavy (non-hydrogen) atoms. The summed E-state index contributed by atoms with van der Waals surface area (Å²) in [6, 6.07) is 0. The molecule has 0 aliphatic carbocycles. The molecule has 0 fully saturated rings. The quantitative estimate of drug-likeness (QED) is 0.387. The van der Waals surface area contributed by atoms with Crippen molar-refractivity contribution >= 4 is 35.5 Å². The van der Waals surface area contributed by atoms with E-state index in [1.807, 2.05) is 0 Å². The van der Waals surface area contributed by atoms with Gasteiger partial charge >= 0.3 is 35.5 Å². The van der Waals surface area contributed by atoms with E-state index in [2.05, 4.69) is 18.9 Å². The summed E-state index contributed by atoms with van der Waals surface area (Å²) in [5.74, 6) is -0.981. The standard InChI is InChI=1S/C3H4O2.C2H5N.Na.H/c1-2-3(4)5;1-2-3;;/h2H,1H2,(H,4,5);2H,1,3H2;;. The number of hydrogen-bond acceptors (Lipinski definition) is 2. The molecule has 0 aliphatic rings. The minimum absolute atomic E-state index is 0. The topological polar surface area (TPSA) is 63.3 Å². The van der Waals surface area contributed by atoms with Gasteiger partial charge in [-0.3, -0.25) is 0 Å². The summed E-state index contributed by atoms with van der Waals surface area (Å²) in [5.41, 5.74) is 4.61. The van der Waals surface area contributed by atoms with Gasteiger partial charge in [-0.05, 0) is 6.20 Å². The van der Waals surface area contributed by atoms with Gasteiger partial charge in [0.25, 0.3) is 0 Å². The number of hydrogen-bond donors (Lipinski definition) is 2. The summed E-state index contributed by atoms with van der Waals surface area (Å²) in [6.45, 7) is 6.10. The molecule has 3 nitrogen and oxygen atoms in total. The van der Waals surface area contributed by atoms with Crippen LogP contribution in [0.4, 0.5) is 0 Å². The molecule has 0 unspecified atom stereocenters. The molecular weight excluding hydrogens is 129 g/mol. The van der Waals surface area contributed by atoms with Crippen LogP contribution in [0, 0.1) is 0 Å². The third-order valence-corrected chi connectivity index (χ3v) is 0.175. The Morgan fingerprint density at radius 2 is 1.67 bits per heavy atom. The second-order valence-electron chi connectivity index (χ2n) is 0.778. The average Bonchev–Trinajstić information content (AvgIpc) is 1.69. The van der Waals surface area contributed by atoms with Gasteiger partial charge in [0.2, 0.25) is 0 Å². The van der Waals surface area contributed by atoms with Crippen LogP contribution in [0.3, 0.4) is 0 Å². The van der Waals surface area contributed by atoms with Gasteiger partial charge in [-0.1, -0.05) is 13.2 Å². The van der Waals surface area contributed by atoms with Crippen LogP contribution >= 0.6 is 0 Å². The molecule has 0 rings (SSSR count). The molecule has 0 saturated carbocycles. The van der Waals surface area contributed by atoms with Crippen molar-refractivity contribution in [2.45, 2.75) is 0 Å². The van der Waals surface area contributed by atoms with Crippen LogP contribution in [-0.4, -0.2) is 40.6 Å². The van der Waals surface area contributed by atoms with Crippen LogP contribution in [0.15, 0.2) is 25.4 Å². The zero-order chi connectivity index (χ0) is 6.99. The van der Waals surface area contributed by atoms with Gasteiger partial charge in [-0.25, -0.2) is 4.79 Å². The van der Waals surface area contributed by atoms with Gasteiger partial charge < -0.3 is 10.8 Å². The molecule has 48 valence electrons. The summed E-state index contributed by atoms with van der Waals surface area (Å²) < 4.78 is 0. The average molecular weight is 139 g/mol. The van der Waals surface area contributed by atoms with E-state index in [1.54, 1.807) is 0 Å². The van der Waals surface area contributed by atoms with E-state index in [9.17, 15) is 4.79 Å². The molecule has 0 amide bonds. The fourth-order valence-corrected chi connectivity index (χ4v) is 0. The van der Waals surface area contributed by atoms with Crippen molar-refractivity contribution in [1.82, 2.24) is 0 Å². The van der Waals surface area contributed by atoms with Crippen molar-refractivity contribution in [3.05, 3.63) is 25.4 Å². The fourth-order valence-electron chi connectivity index (χ4n) is 0. The first-order chi connectivity index (χ1) is 3.68. The van der Waals surface area contributed by atoms with Crippen molar-refractivity contribution in [3.8, 4) is 0 Å². The number of carbonyl (C=O) groups is 1. The maximum absolute atomic E-state index is 9.25. The Labute approximate surface area is 76.5 Å². The van der Waals surface area contributed by atoms with Gasteiger partial charge in [-0.2, -0.15) is 0 Å². The van der Waals surface area contributed by atoms with Gasteiger partial charge in [0, 0.05) is 6.08 Å². The molecule has 0 aromatic heterocycles. The fraction of sp³-hybridized carbons (Fsp3) is 0. The number of aliphatic carboxylic acids is 1. The molecular formula is C5H10NNaO2. The van der Waals surface area contributed by atoms with Gasteiger partial charge in [0.1, 0.15) is 0 Å². The monoisotopic (exact) mass is 139 g/mol. The van der Waals surface area contributed by atoms with E-state index in [4.69, 9.17) is 5.11 Å². The zero-order valence-corrected chi connectivity index (χ0v) is 4.50. The predicted molar refractivity (Wildman–Crippen MR) is 39.4 cm³/mol. The van der Waals surface area contributed by atoms with E-state index >= 15 is 0 Å². The Balaban J connectivity index is -0.0000000800. The molecule has 0 saturated heterocycles. The Hall–Kier alpha value is -0.250. The SMILES string of the molecule is C=CC(=O)O.C=CN.[NaH]. The number of nitrogens with two attached hydrogens (primary N) is 1. The van der Waals surface area contributed by atoms with Crippen LogP contribution in [-0.2, 0) is 4.79 Å². The molecule has 0 aromatic rings. The normalized spacial score (nSPS) is 4.89. The van der Waals surface area contributed by atoms with Crippen molar-refractivity contribution in [3.63, 3.8) is 0 Å². The van der Waals surface area contributed by atoms with E-state index in [0.29, 0.717) is 0 Å². The van der Waals surface area contributed by atoms with E-state index in [-0.39, 0.29) is 29.6 Å². The van der Waals surface area contributed by atoms with E-state index in [0.717, 1.165) is 6.08 Å². The summed E-state index contributed by atoms with van der Waals surface area (Å²) in [4.78, 5) is 9.25. The minimum atomic E-state index is -0.981. The van der Waals surface area contributed by atoms with Crippen LogP contribution in [0.2, 0.25) is 0 Å². The van der Waals surface area contributed by atoms with E-state index < -0.39 is 5.97 Å². The van der Waals surface area contributed by atoms with Gasteiger partial charge in [0.05, 0.1) is 0 Å². The number of rotatable bonds is 1. The second kappa shape index (κ2) is 15.7. The molecule has 0 radical (unpaired) electrons. The summed E-state index contributed by atoms with van der Waals surface area (Å²) in [5, 5.41) is 7.60. The third kappa shape index (κ3) is 83.7. The first-order valence-electron chi connectivity index (χ1n) is 1.87. The van der Waals surface area contributed by atoms with Crippen molar-refractivity contribution in [1.29, 1.82) is 0 Å². The zero-order valence-electron chi connectivity index (χ0n) is 4.50. The Morgan fingerprint density at radius 1 is 1.56 bits per heavy atom. The molecule has 0 heterocycles. The Kier molecular flexibility index (Phi) is 27.6. The third-order valence-electron chi connectivity index (χ3n) is 0.175. The van der Waals surface area contributed by atoms with Crippen molar-refractivity contribution in [2.75, 3.05) is 0 Å². The van der Waals surface area contributed by atoms with Crippen LogP contribution in [0.1, 0.15) is 0 Å². The molecule has 0 bridgehead atoms. The van der Waals surface area contributed by atoms with Gasteiger partial charge in [0.15, 0.2) is 0 Å². The maximum atomic E-state index is 9.25. The summed E-state index contributed by atoms with van der Waals surface area (Å²) in [6.07, 6.45) is 2.08. The Bertz CT molecular complexity index is 93.0. The molecule has 0 aromatic carbocycles. The van der Waals surface area contributed by atoms with Crippen molar-refractivity contribution in [2.24, 2.45) is 5.73 Å². The predicted octanol–water partition coefficient (Wildman–Crippen LogP) is -0.303. The molecule has 4 heteroatoms. The second-order valence-corrected chi connectivity index (χ2v) is 0.778. The first kappa shape index (κ1) is 15.9. The van der Waals surface area contributed by atoms with Gasteiger partial charge in [-0.15, -0.1) is 0 Å². The molecule has 0 atom stereocenters. The number of carboxylic acid groups (broad SMARTS) is 1. The van der Waals surface area contributed by atoms with Crippen LogP contribution in [0.5, 0.6) is 0 Å². The number of carboxylic acids is 1. The van der Waals surface area contributed by atoms with Crippen LogP contribution < -0.4 is 5.73 Å². The van der Waals surface area contributed by atoms with Crippen LogP contribution in [0.25, 0.3) is 0 Å². The Morgan fingerprint density at radius 3 is 1.67 bits per heavy atom. The molecule has 0 spiro atoms. The first-order valence-corrected chi connectivity index (χ1v) is 1.87. The molecule has 3 N–H and O–H groups in total. The summed E-state index contributed by atoms with van der Waals surface area (Å²) in [7, 11) is 0.